The Morgan fingerprint density at radius 2 is 1.71 bits per heavy atom. The summed E-state index contributed by atoms with van der Waals surface area (Å²) in [6, 6.07) is 29.8. The number of hydrogen-bond acceptors (Lipinski definition) is 0. The van der Waals surface area contributed by atoms with Crippen molar-refractivity contribution in [1.82, 2.24) is 9.14 Å². The van der Waals surface area contributed by atoms with Crippen LogP contribution in [0.5, 0.6) is 0 Å². The van der Waals surface area contributed by atoms with Crippen LogP contribution in [-0.2, 0) is 39.8 Å². The predicted octanol–water partition coefficient (Wildman–Crippen LogP) is 2.67. The molecule has 0 spiro atoms. The predicted molar refractivity (Wildman–Crippen MR) is 109 cm³/mol. The molecule has 0 atom stereocenters. The fraction of sp³-hybridized carbons (Fsp3) is 0.0800. The van der Waals surface area contributed by atoms with Crippen molar-refractivity contribution in [2.75, 3.05) is 0 Å². The first-order valence-corrected chi connectivity index (χ1v) is 9.04. The maximum atomic E-state index is 3.63. The SMILES string of the molecule is CC1=c2ccccc2=[C-][N+]1=c1c2[c-]c(-c3[c-]cccc3)ccc2ccn1C.[Y+3]. The Morgan fingerprint density at radius 1 is 0.893 bits per heavy atom. The van der Waals surface area contributed by atoms with E-state index in [1.54, 1.807) is 0 Å². The summed E-state index contributed by atoms with van der Waals surface area (Å²) < 4.78 is 4.29. The molecule has 0 unspecified atom stereocenters. The molecule has 0 N–H and O–H groups in total. The second-order valence-electron chi connectivity index (χ2n) is 6.81. The van der Waals surface area contributed by atoms with E-state index in [9.17, 15) is 0 Å². The molecule has 3 heteroatoms. The standard InChI is InChI=1S/C25H18N2.Y/c1-18-23-11-7-6-10-22(23)17-27(18)25-24-16-21(19-8-4-3-5-9-19)13-12-20(24)14-15-26(25)2;/h3-8,10-15H,1-2H3;/q-2;+3. The van der Waals surface area contributed by atoms with Crippen molar-refractivity contribution in [2.45, 2.75) is 6.92 Å². The number of aryl methyl sites for hydroxylation is 1. The van der Waals surface area contributed by atoms with Gasteiger partial charge in [0.1, 0.15) is 0 Å². The Balaban J connectivity index is 0.00000192. The van der Waals surface area contributed by atoms with Crippen molar-refractivity contribution >= 4 is 22.7 Å². The third-order valence-corrected chi connectivity index (χ3v) is 5.11. The average molecular weight is 435 g/mol. The molecule has 1 aromatic heterocycles. The van der Waals surface area contributed by atoms with Gasteiger partial charge in [0.2, 0.25) is 5.49 Å². The molecule has 130 valence electrons. The van der Waals surface area contributed by atoms with E-state index in [4.69, 9.17) is 0 Å². The molecule has 0 radical (unpaired) electrons. The molecule has 0 saturated heterocycles. The van der Waals surface area contributed by atoms with E-state index < -0.39 is 0 Å². The van der Waals surface area contributed by atoms with Crippen molar-refractivity contribution in [2.24, 2.45) is 7.05 Å². The summed E-state index contributed by atoms with van der Waals surface area (Å²) >= 11 is 0. The van der Waals surface area contributed by atoms with Crippen LogP contribution >= 0.6 is 0 Å². The number of pyridine rings is 1. The average Bonchev–Trinajstić information content (AvgIpc) is 3.04. The van der Waals surface area contributed by atoms with Crippen LogP contribution in [-0.4, -0.2) is 4.57 Å². The molecule has 28 heavy (non-hydrogen) atoms. The molecule has 2 nitrogen and oxygen atoms in total. The first-order chi connectivity index (χ1) is 13.2. The van der Waals surface area contributed by atoms with Gasteiger partial charge in [-0.3, -0.25) is 4.57 Å². The molecule has 3 aromatic carbocycles. The Morgan fingerprint density at radius 3 is 2.50 bits per heavy atom. The van der Waals surface area contributed by atoms with Gasteiger partial charge in [-0.05, 0) is 18.4 Å². The van der Waals surface area contributed by atoms with E-state index in [-0.39, 0.29) is 32.7 Å². The minimum absolute atomic E-state index is 0. The van der Waals surface area contributed by atoms with Gasteiger partial charge in [-0.15, -0.1) is 18.2 Å². The molecule has 1 aliphatic rings. The van der Waals surface area contributed by atoms with Crippen LogP contribution < -0.4 is 20.5 Å². The van der Waals surface area contributed by atoms with E-state index >= 15 is 0 Å². The van der Waals surface area contributed by atoms with Gasteiger partial charge in [0.05, 0.1) is 19.4 Å². The number of fused-ring (bicyclic) bond motifs is 2. The molecule has 1 aliphatic heterocycles. The molecule has 0 fully saturated rings. The van der Waals surface area contributed by atoms with E-state index in [2.05, 4.69) is 96.2 Å². The second-order valence-corrected chi connectivity index (χ2v) is 6.81. The van der Waals surface area contributed by atoms with Gasteiger partial charge >= 0.3 is 32.7 Å². The number of hydrogen-bond donors (Lipinski definition) is 0. The maximum Gasteiger partial charge on any atom is 3.00 e. The van der Waals surface area contributed by atoms with Crippen LogP contribution in [0.3, 0.4) is 0 Å². The summed E-state index contributed by atoms with van der Waals surface area (Å²) in [5.41, 5.74) is 4.35. The summed E-state index contributed by atoms with van der Waals surface area (Å²) in [5.74, 6) is 0. The van der Waals surface area contributed by atoms with Gasteiger partial charge < -0.3 is 4.58 Å². The van der Waals surface area contributed by atoms with Crippen LogP contribution in [0, 0.1) is 12.1 Å². The zero-order valence-corrected chi connectivity index (χ0v) is 18.7. The summed E-state index contributed by atoms with van der Waals surface area (Å²) in [6.45, 7) is 2.15. The van der Waals surface area contributed by atoms with Gasteiger partial charge in [-0.2, -0.15) is 42.0 Å². The summed E-state index contributed by atoms with van der Waals surface area (Å²) in [7, 11) is 2.07. The molecular formula is C25H18N2Y+. The van der Waals surface area contributed by atoms with Gasteiger partial charge in [-0.25, -0.2) is 5.56 Å². The van der Waals surface area contributed by atoms with Crippen molar-refractivity contribution < 1.29 is 32.7 Å². The van der Waals surface area contributed by atoms with Crippen LogP contribution in [0.1, 0.15) is 6.92 Å². The maximum absolute atomic E-state index is 3.63. The molecule has 0 amide bonds. The first kappa shape index (κ1) is 19.0. The largest absolute Gasteiger partial charge is 3.00 e. The zero-order chi connectivity index (χ0) is 18.4. The number of aromatic nitrogens is 1. The van der Waals surface area contributed by atoms with Gasteiger partial charge in [0, 0.05) is 5.70 Å². The molecule has 2 heterocycles. The Labute approximate surface area is 189 Å². The first-order valence-electron chi connectivity index (χ1n) is 9.04. The Kier molecular flexibility index (Phi) is 5.18. The van der Waals surface area contributed by atoms with Crippen LogP contribution in [0.15, 0.2) is 72.9 Å². The third-order valence-electron chi connectivity index (χ3n) is 5.11. The number of benzene rings is 3. The second kappa shape index (κ2) is 7.62. The molecular weight excluding hydrogens is 417 g/mol. The van der Waals surface area contributed by atoms with Crippen molar-refractivity contribution in [3.05, 3.63) is 101 Å². The Bertz CT molecular complexity index is 1380. The minimum Gasteiger partial charge on any atom is -0.303 e. The summed E-state index contributed by atoms with van der Waals surface area (Å²) in [4.78, 5) is 0. The van der Waals surface area contributed by atoms with Crippen LogP contribution in [0.2, 0.25) is 0 Å². The molecule has 5 rings (SSSR count). The smallest absolute Gasteiger partial charge is 0.303 e. The minimum atomic E-state index is 0. The zero-order valence-electron chi connectivity index (χ0n) is 15.9. The fourth-order valence-corrected chi connectivity index (χ4v) is 3.69. The molecule has 0 bridgehead atoms. The van der Waals surface area contributed by atoms with Crippen molar-refractivity contribution in [3.63, 3.8) is 0 Å². The quantitative estimate of drug-likeness (QED) is 0.321. The monoisotopic (exact) mass is 435 g/mol. The van der Waals surface area contributed by atoms with Gasteiger partial charge in [0.25, 0.3) is 0 Å². The normalized spacial score (nSPS) is 14.4. The van der Waals surface area contributed by atoms with E-state index in [0.29, 0.717) is 0 Å². The van der Waals surface area contributed by atoms with Crippen molar-refractivity contribution in [1.29, 1.82) is 0 Å². The molecule has 4 aromatic rings. The summed E-state index contributed by atoms with van der Waals surface area (Å²) in [5, 5.41) is 4.59. The van der Waals surface area contributed by atoms with E-state index in [1.807, 2.05) is 18.2 Å². The number of rotatable bonds is 1. The fourth-order valence-electron chi connectivity index (χ4n) is 3.69. The Hall–Kier alpha value is -2.29. The van der Waals surface area contributed by atoms with E-state index in [1.165, 1.54) is 10.9 Å². The third kappa shape index (κ3) is 3.11. The van der Waals surface area contributed by atoms with Crippen LogP contribution in [0.25, 0.3) is 33.8 Å². The van der Waals surface area contributed by atoms with Crippen LogP contribution in [0.4, 0.5) is 0 Å². The summed E-state index contributed by atoms with van der Waals surface area (Å²) in [6.07, 6.45) is 5.64. The molecule has 0 saturated carbocycles. The van der Waals surface area contributed by atoms with Gasteiger partial charge in [-0.1, -0.05) is 34.0 Å². The van der Waals surface area contributed by atoms with Crippen molar-refractivity contribution in [3.8, 4) is 11.1 Å². The topological polar surface area (TPSA) is 7.94 Å². The van der Waals surface area contributed by atoms with Gasteiger partial charge in [0.15, 0.2) is 0 Å². The number of nitrogens with zero attached hydrogens (tertiary/aromatic N) is 2. The molecule has 0 aliphatic carbocycles. The van der Waals surface area contributed by atoms with E-state index in [0.717, 1.165) is 32.6 Å².